The monoisotopic (exact) mass is 860 g/mol. The molecule has 5 aromatic heterocycles. The molecule has 5 heterocycles. The van der Waals surface area contributed by atoms with Crippen LogP contribution in [0.4, 0.5) is 0 Å². The Morgan fingerprint density at radius 1 is 0.470 bits per heavy atom. The van der Waals surface area contributed by atoms with Gasteiger partial charge in [0.1, 0.15) is 17.2 Å². The molecule has 0 aliphatic rings. The lowest BCUT2D eigenvalue weighted by molar-refractivity contribution is 0.669. The van der Waals surface area contributed by atoms with Crippen LogP contribution in [0.25, 0.3) is 131 Å². The maximum atomic E-state index is 11.6. The van der Waals surface area contributed by atoms with Gasteiger partial charge in [0.15, 0.2) is 17.5 Å². The highest BCUT2D eigenvalue weighted by Gasteiger charge is 2.30. The topological polar surface area (TPSA) is 85.5 Å². The van der Waals surface area contributed by atoms with Gasteiger partial charge in [0, 0.05) is 63.9 Å². The van der Waals surface area contributed by atoms with Gasteiger partial charge in [-0.25, -0.2) is 15.0 Å². The summed E-state index contributed by atoms with van der Waals surface area (Å²) >= 11 is 1.83. The smallest absolute Gasteiger partial charge is 0.167 e. The van der Waals surface area contributed by atoms with Crippen LogP contribution < -0.4 is 0 Å². The summed E-state index contributed by atoms with van der Waals surface area (Å²) in [6.45, 7) is 0. The Morgan fingerprint density at radius 3 is 1.67 bits per heavy atom. The van der Waals surface area contributed by atoms with E-state index >= 15 is 0 Å². The molecule has 0 saturated heterocycles. The van der Waals surface area contributed by atoms with Crippen LogP contribution in [0.5, 0.6) is 0 Å². The van der Waals surface area contributed by atoms with Gasteiger partial charge < -0.3 is 13.6 Å². The molecule has 0 radical (unpaired) electrons. The van der Waals surface area contributed by atoms with E-state index in [0.717, 1.165) is 71.5 Å². The highest BCUT2D eigenvalue weighted by molar-refractivity contribution is 7.27. The largest absolute Gasteiger partial charge is 0.455 e. The summed E-state index contributed by atoms with van der Waals surface area (Å²) < 4.78 is 14.2. The second-order valence-corrected chi connectivity index (χ2v) is 17.6. The van der Waals surface area contributed by atoms with Crippen molar-refractivity contribution in [3.8, 4) is 51.6 Å². The summed E-state index contributed by atoms with van der Waals surface area (Å²) in [6, 6.07) is 69.3. The number of nitriles is 1. The van der Waals surface area contributed by atoms with Crippen molar-refractivity contribution in [2.24, 2.45) is 0 Å². The maximum Gasteiger partial charge on any atom is 0.167 e. The lowest BCUT2D eigenvalue weighted by atomic mass is 10.00. The van der Waals surface area contributed by atoms with Gasteiger partial charge in [-0.2, -0.15) is 5.26 Å². The Labute approximate surface area is 380 Å². The van der Waals surface area contributed by atoms with Crippen molar-refractivity contribution < 1.29 is 4.42 Å². The summed E-state index contributed by atoms with van der Waals surface area (Å²) in [6.07, 6.45) is 0. The van der Waals surface area contributed by atoms with Crippen molar-refractivity contribution in [3.63, 3.8) is 0 Å². The predicted octanol–water partition coefficient (Wildman–Crippen LogP) is 15.2. The number of fused-ring (bicyclic) bond motifs is 15. The standard InChI is InChI=1S/C58H32N6OS/c59-33-36-32-42(58-61-56(34-18-4-1-5-19-34)60-57(62-58)35-20-6-2-7-21-35)54-48(40-26-12-16-30-45(40)65-54)51(36)64-44-29-15-10-24-38(44)47-52-49(55-50(53(47)64)41-27-13-17-31-46(41)66-55)39-25-11-14-28-43(39)63(52)37-22-8-3-9-23-37/h1-32H. The molecule has 8 heteroatoms. The van der Waals surface area contributed by atoms with Crippen molar-refractivity contribution in [2.75, 3.05) is 0 Å². The van der Waals surface area contributed by atoms with E-state index < -0.39 is 0 Å². The van der Waals surface area contributed by atoms with Crippen molar-refractivity contribution in [1.82, 2.24) is 24.1 Å². The predicted molar refractivity (Wildman–Crippen MR) is 270 cm³/mol. The molecule has 0 atom stereocenters. The highest BCUT2D eigenvalue weighted by atomic mass is 32.1. The first-order valence-electron chi connectivity index (χ1n) is 21.8. The van der Waals surface area contributed by atoms with E-state index in [1.807, 2.05) is 96.3 Å². The third-order valence-corrected chi connectivity index (χ3v) is 14.2. The zero-order valence-corrected chi connectivity index (χ0v) is 35.8. The Kier molecular flexibility index (Phi) is 7.79. The Hall–Kier alpha value is -8.90. The number of para-hydroxylation sites is 4. The minimum atomic E-state index is 0.414. The number of nitrogens with zero attached hydrogens (tertiary/aromatic N) is 6. The fourth-order valence-electron chi connectivity index (χ4n) is 10.3. The Bertz CT molecular complexity index is 4290. The first-order chi connectivity index (χ1) is 32.7. The summed E-state index contributed by atoms with van der Waals surface area (Å²) in [7, 11) is 0. The number of furan rings is 1. The minimum absolute atomic E-state index is 0.414. The minimum Gasteiger partial charge on any atom is -0.455 e. The third kappa shape index (κ3) is 5.14. The van der Waals surface area contributed by atoms with E-state index in [9.17, 15) is 5.26 Å². The Morgan fingerprint density at radius 2 is 0.985 bits per heavy atom. The molecule has 14 rings (SSSR count). The molecule has 7 nitrogen and oxygen atoms in total. The normalized spacial score (nSPS) is 11.9. The van der Waals surface area contributed by atoms with Gasteiger partial charge >= 0.3 is 0 Å². The van der Waals surface area contributed by atoms with Gasteiger partial charge in [-0.05, 0) is 42.5 Å². The van der Waals surface area contributed by atoms with Gasteiger partial charge in [-0.15, -0.1) is 11.3 Å². The zero-order chi connectivity index (χ0) is 43.5. The Balaban J connectivity index is 1.19. The molecular weight excluding hydrogens is 829 g/mol. The van der Waals surface area contributed by atoms with E-state index in [1.54, 1.807) is 0 Å². The molecule has 0 unspecified atom stereocenters. The van der Waals surface area contributed by atoms with E-state index in [2.05, 4.69) is 124 Å². The first-order valence-corrected chi connectivity index (χ1v) is 22.7. The first kappa shape index (κ1) is 36.6. The SMILES string of the molecule is N#Cc1cc(-c2nc(-c3ccccc3)nc(-c3ccccc3)n2)c2oc3ccccc3c2c1-n1c2ccccc2c2c3c(c4ccccc4n3-c3ccccc3)c3sc4ccccc4c3c21. The van der Waals surface area contributed by atoms with Crippen LogP contribution in [0, 0.1) is 11.3 Å². The molecule has 0 spiro atoms. The quantitative estimate of drug-likeness (QED) is 0.172. The molecule has 0 bridgehead atoms. The summed E-state index contributed by atoms with van der Waals surface area (Å²) in [5.74, 6) is 1.47. The van der Waals surface area contributed by atoms with Crippen LogP contribution in [-0.2, 0) is 0 Å². The van der Waals surface area contributed by atoms with E-state index in [0.29, 0.717) is 39.8 Å². The molecule has 9 aromatic carbocycles. The molecule has 0 aliphatic carbocycles. The van der Waals surface area contributed by atoms with Crippen LogP contribution in [0.1, 0.15) is 5.56 Å². The van der Waals surface area contributed by atoms with Crippen LogP contribution >= 0.6 is 11.3 Å². The van der Waals surface area contributed by atoms with Crippen molar-refractivity contribution in [1.29, 1.82) is 5.26 Å². The van der Waals surface area contributed by atoms with Gasteiger partial charge in [0.25, 0.3) is 0 Å². The number of thiophene rings is 1. The fraction of sp³-hybridized carbons (Fsp3) is 0. The highest BCUT2D eigenvalue weighted by Crippen LogP contribution is 2.52. The van der Waals surface area contributed by atoms with Crippen LogP contribution in [0.3, 0.4) is 0 Å². The average Bonchev–Trinajstić information content (AvgIpc) is 4.15. The maximum absolute atomic E-state index is 11.6. The third-order valence-electron chi connectivity index (χ3n) is 13.0. The number of hydrogen-bond donors (Lipinski definition) is 0. The van der Waals surface area contributed by atoms with Crippen LogP contribution in [0.15, 0.2) is 199 Å². The van der Waals surface area contributed by atoms with Crippen molar-refractivity contribution in [2.45, 2.75) is 0 Å². The summed E-state index contributed by atoms with van der Waals surface area (Å²) in [5.41, 5.74) is 10.2. The lowest BCUT2D eigenvalue weighted by Gasteiger charge is -2.15. The van der Waals surface area contributed by atoms with E-state index in [-0.39, 0.29) is 0 Å². The van der Waals surface area contributed by atoms with E-state index in [4.69, 9.17) is 19.4 Å². The molecule has 306 valence electrons. The lowest BCUT2D eigenvalue weighted by Crippen LogP contribution is -2.03. The second kappa shape index (κ2) is 14.1. The molecule has 14 aromatic rings. The fourth-order valence-corrected chi connectivity index (χ4v) is 11.5. The van der Waals surface area contributed by atoms with Gasteiger partial charge in [0.2, 0.25) is 0 Å². The number of rotatable bonds is 5. The number of benzene rings is 9. The molecule has 0 amide bonds. The molecule has 0 fully saturated rings. The number of aromatic nitrogens is 5. The zero-order valence-electron chi connectivity index (χ0n) is 35.0. The van der Waals surface area contributed by atoms with Gasteiger partial charge in [0.05, 0.1) is 44.3 Å². The molecule has 0 saturated carbocycles. The molecule has 0 N–H and O–H groups in total. The van der Waals surface area contributed by atoms with Crippen molar-refractivity contribution >= 4 is 97.1 Å². The average molecular weight is 861 g/mol. The van der Waals surface area contributed by atoms with Crippen LogP contribution in [0.2, 0.25) is 0 Å². The summed E-state index contributed by atoms with van der Waals surface area (Å²) in [5, 5.41) is 20.2. The molecule has 66 heavy (non-hydrogen) atoms. The van der Waals surface area contributed by atoms with Gasteiger partial charge in [-0.1, -0.05) is 152 Å². The summed E-state index contributed by atoms with van der Waals surface area (Å²) in [4.78, 5) is 15.3. The van der Waals surface area contributed by atoms with Crippen LogP contribution in [-0.4, -0.2) is 24.1 Å². The second-order valence-electron chi connectivity index (χ2n) is 16.6. The molecular formula is C58H32N6OS. The van der Waals surface area contributed by atoms with Crippen molar-refractivity contribution in [3.05, 3.63) is 200 Å². The van der Waals surface area contributed by atoms with E-state index in [1.165, 1.54) is 25.6 Å². The van der Waals surface area contributed by atoms with Gasteiger partial charge in [-0.3, -0.25) is 0 Å². The molecule has 0 aliphatic heterocycles. The number of hydrogen-bond acceptors (Lipinski definition) is 6.